The Labute approximate surface area is 83.7 Å². The Hall–Kier alpha value is -1.20. The summed E-state index contributed by atoms with van der Waals surface area (Å²) in [5, 5.41) is 0. The lowest BCUT2D eigenvalue weighted by Gasteiger charge is -2.17. The second-order valence-electron chi connectivity index (χ2n) is 3.34. The highest BCUT2D eigenvalue weighted by Crippen LogP contribution is 2.21. The highest BCUT2D eigenvalue weighted by Gasteiger charge is 2.17. The summed E-state index contributed by atoms with van der Waals surface area (Å²) >= 11 is 0. The largest absolute Gasteiger partial charge is 0.373 e. The van der Waals surface area contributed by atoms with Crippen molar-refractivity contribution >= 4 is 5.82 Å². The van der Waals surface area contributed by atoms with Gasteiger partial charge in [0.15, 0.2) is 5.82 Å². The van der Waals surface area contributed by atoms with Crippen LogP contribution in [-0.4, -0.2) is 17.1 Å². The lowest BCUT2D eigenvalue weighted by atomic mass is 10.1. The maximum atomic E-state index is 5.30. The van der Waals surface area contributed by atoms with Crippen molar-refractivity contribution in [2.24, 2.45) is 11.8 Å². The van der Waals surface area contributed by atoms with Gasteiger partial charge in [-0.25, -0.2) is 15.8 Å². The Bertz CT molecular complexity index is 290. The van der Waals surface area contributed by atoms with Crippen LogP contribution in [-0.2, 0) is 4.74 Å². The number of methoxy groups -OCH3 is 1. The summed E-state index contributed by atoms with van der Waals surface area (Å²) in [5.74, 6) is 6.83. The molecule has 0 bridgehead atoms. The lowest BCUT2D eigenvalue weighted by Crippen LogP contribution is -2.15. The molecule has 14 heavy (non-hydrogen) atoms. The van der Waals surface area contributed by atoms with Crippen LogP contribution in [0.5, 0.6) is 0 Å². The summed E-state index contributed by atoms with van der Waals surface area (Å²) in [4.78, 5) is 8.36. The van der Waals surface area contributed by atoms with E-state index in [2.05, 4.69) is 29.2 Å². The Morgan fingerprint density at radius 3 is 2.71 bits per heavy atom. The van der Waals surface area contributed by atoms with E-state index in [1.807, 2.05) is 0 Å². The summed E-state index contributed by atoms with van der Waals surface area (Å²) in [5.41, 5.74) is 2.48. The van der Waals surface area contributed by atoms with E-state index in [1.54, 1.807) is 19.4 Å². The third-order valence-electron chi connectivity index (χ3n) is 1.94. The molecule has 1 aromatic heterocycles. The lowest BCUT2D eigenvalue weighted by molar-refractivity contribution is 0.0575. The fourth-order valence-electron chi connectivity index (χ4n) is 1.27. The summed E-state index contributed by atoms with van der Waals surface area (Å²) in [7, 11) is 1.65. The van der Waals surface area contributed by atoms with Crippen molar-refractivity contribution in [1.29, 1.82) is 0 Å². The molecule has 5 heteroatoms. The van der Waals surface area contributed by atoms with Crippen molar-refractivity contribution in [2.75, 3.05) is 12.5 Å². The Kier molecular flexibility index (Phi) is 3.79. The van der Waals surface area contributed by atoms with Crippen molar-refractivity contribution in [1.82, 2.24) is 9.97 Å². The molecule has 0 aliphatic heterocycles. The molecule has 1 rings (SSSR count). The van der Waals surface area contributed by atoms with E-state index in [1.165, 1.54) is 0 Å². The second-order valence-corrected chi connectivity index (χ2v) is 3.34. The highest BCUT2D eigenvalue weighted by molar-refractivity contribution is 5.31. The molecule has 0 fully saturated rings. The van der Waals surface area contributed by atoms with Crippen LogP contribution in [0.4, 0.5) is 5.82 Å². The standard InChI is InChI=1S/C9H16N4O/c1-6(2)8(14-3)9-11-5-4-7(12-9)13-10/h4-6,8H,10H2,1-3H3,(H,11,12,13). The van der Waals surface area contributed by atoms with Crippen LogP contribution in [0, 0.1) is 5.92 Å². The Morgan fingerprint density at radius 1 is 1.50 bits per heavy atom. The zero-order chi connectivity index (χ0) is 10.6. The predicted octanol–water partition coefficient (Wildman–Crippen LogP) is 1.11. The van der Waals surface area contributed by atoms with Gasteiger partial charge in [-0.3, -0.25) is 0 Å². The number of hydrogen-bond donors (Lipinski definition) is 2. The zero-order valence-electron chi connectivity index (χ0n) is 8.69. The van der Waals surface area contributed by atoms with Gasteiger partial charge in [-0.05, 0) is 5.92 Å². The first-order valence-electron chi connectivity index (χ1n) is 4.51. The number of nitrogens with two attached hydrogens (primary N) is 1. The number of nitrogens with zero attached hydrogens (tertiary/aromatic N) is 2. The molecule has 1 heterocycles. The summed E-state index contributed by atoms with van der Waals surface area (Å²) < 4.78 is 5.30. The van der Waals surface area contributed by atoms with Crippen LogP contribution in [0.15, 0.2) is 12.3 Å². The molecule has 0 aromatic carbocycles. The molecular weight excluding hydrogens is 180 g/mol. The number of aromatic nitrogens is 2. The van der Waals surface area contributed by atoms with Gasteiger partial charge in [-0.1, -0.05) is 13.8 Å². The Balaban J connectivity index is 2.92. The number of ether oxygens (including phenoxy) is 1. The quantitative estimate of drug-likeness (QED) is 0.557. The van der Waals surface area contributed by atoms with Gasteiger partial charge < -0.3 is 10.2 Å². The van der Waals surface area contributed by atoms with E-state index >= 15 is 0 Å². The molecule has 1 atom stereocenters. The number of hydrogen-bond acceptors (Lipinski definition) is 5. The fourth-order valence-corrected chi connectivity index (χ4v) is 1.27. The van der Waals surface area contributed by atoms with Crippen LogP contribution in [0.1, 0.15) is 25.8 Å². The van der Waals surface area contributed by atoms with Gasteiger partial charge in [0.2, 0.25) is 0 Å². The molecule has 0 saturated heterocycles. The minimum absolute atomic E-state index is 0.0942. The number of anilines is 1. The van der Waals surface area contributed by atoms with Gasteiger partial charge in [0.05, 0.1) is 0 Å². The average Bonchev–Trinajstić information content (AvgIpc) is 2.19. The molecule has 0 radical (unpaired) electrons. The maximum absolute atomic E-state index is 5.30. The van der Waals surface area contributed by atoms with Crippen LogP contribution in [0.25, 0.3) is 0 Å². The molecule has 1 aromatic rings. The first kappa shape index (κ1) is 10.9. The first-order valence-corrected chi connectivity index (χ1v) is 4.51. The normalized spacial score (nSPS) is 12.9. The smallest absolute Gasteiger partial charge is 0.159 e. The molecule has 0 aliphatic carbocycles. The van der Waals surface area contributed by atoms with E-state index in [9.17, 15) is 0 Å². The van der Waals surface area contributed by atoms with Crippen LogP contribution >= 0.6 is 0 Å². The van der Waals surface area contributed by atoms with Gasteiger partial charge in [-0.15, -0.1) is 0 Å². The molecule has 3 N–H and O–H groups in total. The van der Waals surface area contributed by atoms with E-state index < -0.39 is 0 Å². The zero-order valence-corrected chi connectivity index (χ0v) is 8.69. The fraction of sp³-hybridized carbons (Fsp3) is 0.556. The van der Waals surface area contributed by atoms with Crippen molar-refractivity contribution < 1.29 is 4.74 Å². The average molecular weight is 196 g/mol. The van der Waals surface area contributed by atoms with Crippen molar-refractivity contribution in [3.63, 3.8) is 0 Å². The van der Waals surface area contributed by atoms with Gasteiger partial charge in [-0.2, -0.15) is 0 Å². The van der Waals surface area contributed by atoms with Gasteiger partial charge in [0, 0.05) is 19.4 Å². The highest BCUT2D eigenvalue weighted by atomic mass is 16.5. The van der Waals surface area contributed by atoms with E-state index in [0.29, 0.717) is 17.6 Å². The SMILES string of the molecule is COC(c1nccc(NN)n1)C(C)C. The molecule has 0 aliphatic rings. The molecule has 1 unspecified atom stereocenters. The number of nitrogen functional groups attached to an aromatic ring is 1. The third-order valence-corrected chi connectivity index (χ3v) is 1.94. The molecule has 5 nitrogen and oxygen atoms in total. The predicted molar refractivity (Wildman–Crippen MR) is 54.4 cm³/mol. The van der Waals surface area contributed by atoms with Crippen molar-refractivity contribution in [3.8, 4) is 0 Å². The third kappa shape index (κ3) is 2.40. The van der Waals surface area contributed by atoms with Crippen molar-refractivity contribution in [3.05, 3.63) is 18.1 Å². The Morgan fingerprint density at radius 2 is 2.21 bits per heavy atom. The van der Waals surface area contributed by atoms with Gasteiger partial charge in [0.1, 0.15) is 11.9 Å². The topological polar surface area (TPSA) is 73.1 Å². The van der Waals surface area contributed by atoms with Crippen LogP contribution in [0.3, 0.4) is 0 Å². The summed E-state index contributed by atoms with van der Waals surface area (Å²) in [6, 6.07) is 1.70. The van der Waals surface area contributed by atoms with Crippen molar-refractivity contribution in [2.45, 2.75) is 20.0 Å². The minimum atomic E-state index is -0.0942. The van der Waals surface area contributed by atoms with Gasteiger partial charge in [0.25, 0.3) is 0 Å². The van der Waals surface area contributed by atoms with E-state index in [0.717, 1.165) is 0 Å². The van der Waals surface area contributed by atoms with E-state index in [4.69, 9.17) is 10.6 Å². The molecule has 0 amide bonds. The number of rotatable bonds is 4. The first-order chi connectivity index (χ1) is 6.69. The molecular formula is C9H16N4O. The summed E-state index contributed by atoms with van der Waals surface area (Å²) in [6.07, 6.45) is 1.56. The van der Waals surface area contributed by atoms with Gasteiger partial charge >= 0.3 is 0 Å². The van der Waals surface area contributed by atoms with Crippen LogP contribution < -0.4 is 11.3 Å². The van der Waals surface area contributed by atoms with Crippen LogP contribution in [0.2, 0.25) is 0 Å². The second kappa shape index (κ2) is 4.88. The molecule has 0 saturated carbocycles. The minimum Gasteiger partial charge on any atom is -0.373 e. The summed E-state index contributed by atoms with van der Waals surface area (Å²) in [6.45, 7) is 4.11. The number of hydrazine groups is 1. The monoisotopic (exact) mass is 196 g/mol. The maximum Gasteiger partial charge on any atom is 0.159 e. The molecule has 78 valence electrons. The number of nitrogens with one attached hydrogen (secondary N) is 1. The molecule has 0 spiro atoms. The van der Waals surface area contributed by atoms with E-state index in [-0.39, 0.29) is 6.10 Å².